The summed E-state index contributed by atoms with van der Waals surface area (Å²) in [4.78, 5) is 24.4. The van der Waals surface area contributed by atoms with E-state index < -0.39 is 47.7 Å². The van der Waals surface area contributed by atoms with Crippen LogP contribution in [0.4, 0.5) is 9.59 Å². The van der Waals surface area contributed by atoms with Gasteiger partial charge in [0.15, 0.2) is 0 Å². The molecule has 4 aromatic rings. The number of aliphatic hydroxyl groups excluding tert-OH is 2. The summed E-state index contributed by atoms with van der Waals surface area (Å²) in [7, 11) is 0. The predicted molar refractivity (Wildman–Crippen MR) is 207 cm³/mol. The van der Waals surface area contributed by atoms with Gasteiger partial charge < -0.3 is 30.3 Å². The van der Waals surface area contributed by atoms with Crippen molar-refractivity contribution in [3.8, 4) is 0 Å². The second kappa shape index (κ2) is 19.4. The lowest BCUT2D eigenvalue weighted by Gasteiger charge is -2.27. The Bertz CT molecular complexity index is 1580. The molecule has 0 aromatic heterocycles. The molecule has 51 heavy (non-hydrogen) atoms. The molecule has 0 aliphatic carbocycles. The molecule has 0 heterocycles. The van der Waals surface area contributed by atoms with Crippen LogP contribution in [0.3, 0.4) is 0 Å². The number of nitrogens with one attached hydrogen (secondary N) is 2. The molecule has 0 radical (unpaired) electrons. The zero-order chi connectivity index (χ0) is 37.2. The maximum Gasteiger partial charge on any atom is 0.408 e. The van der Waals surface area contributed by atoms with Gasteiger partial charge in [-0.2, -0.15) is 0 Å². The highest BCUT2D eigenvalue weighted by molar-refractivity contribution is 6.31. The first-order valence-electron chi connectivity index (χ1n) is 15.7. The highest BCUT2D eigenvalue weighted by Gasteiger charge is 2.29. The van der Waals surface area contributed by atoms with Gasteiger partial charge in [-0.25, -0.2) is 9.59 Å². The summed E-state index contributed by atoms with van der Waals surface area (Å²) in [6.07, 6.45) is -3.25. The van der Waals surface area contributed by atoms with Crippen LogP contribution in [0.5, 0.6) is 0 Å². The summed E-state index contributed by atoms with van der Waals surface area (Å²) in [5.41, 5.74) is 1.28. The number of carbonyl (C=O) groups excluding carboxylic acids is 2. The van der Waals surface area contributed by atoms with Crippen molar-refractivity contribution in [2.45, 2.75) is 84.5 Å². The second-order valence-electron chi connectivity index (χ2n) is 13.4. The smallest absolute Gasteiger partial charge is 0.408 e. The fourth-order valence-corrected chi connectivity index (χ4v) is 5.31. The maximum atomic E-state index is 12.2. The third-order valence-electron chi connectivity index (χ3n) is 6.81. The van der Waals surface area contributed by atoms with Gasteiger partial charge in [-0.3, -0.25) is 0 Å². The van der Waals surface area contributed by atoms with Crippen molar-refractivity contribution in [1.82, 2.24) is 10.6 Å². The second-order valence-corrected chi connectivity index (χ2v) is 15.1. The summed E-state index contributed by atoms with van der Waals surface area (Å²) in [6, 6.07) is 26.1. The number of amides is 2. The molecule has 0 saturated heterocycles. The number of rotatable bonds is 8. The molecule has 0 spiro atoms. The molecule has 2 amide bonds. The van der Waals surface area contributed by atoms with Crippen LogP contribution >= 0.6 is 46.4 Å². The van der Waals surface area contributed by atoms with Crippen LogP contribution in [0.1, 0.15) is 95.5 Å². The van der Waals surface area contributed by atoms with E-state index in [4.69, 9.17) is 55.9 Å². The molecule has 12 heteroatoms. The minimum absolute atomic E-state index is 0. The Morgan fingerprint density at radius 2 is 0.843 bits per heavy atom. The van der Waals surface area contributed by atoms with Crippen LogP contribution in [-0.4, -0.2) is 33.6 Å². The molecule has 4 N–H and O–H groups in total. The van der Waals surface area contributed by atoms with Gasteiger partial charge in [0.1, 0.15) is 23.4 Å². The molecule has 0 bridgehead atoms. The normalized spacial score (nSPS) is 13.6. The fourth-order valence-electron chi connectivity index (χ4n) is 4.66. The number of aliphatic hydroxyl groups is 2. The van der Waals surface area contributed by atoms with Crippen molar-refractivity contribution in [2.24, 2.45) is 0 Å². The molecule has 0 fully saturated rings. The lowest BCUT2D eigenvalue weighted by molar-refractivity contribution is 0.0411. The van der Waals surface area contributed by atoms with Crippen LogP contribution in [0.25, 0.3) is 0 Å². The summed E-state index contributed by atoms with van der Waals surface area (Å²) in [5, 5.41) is 29.2. The van der Waals surface area contributed by atoms with Gasteiger partial charge in [0, 0.05) is 20.1 Å². The number of benzene rings is 4. The minimum atomic E-state index is -1.01. The number of carbonyl (C=O) groups is 2. The molecular formula is C39H46Cl4N2O6. The zero-order valence-electron chi connectivity index (χ0n) is 28.6. The van der Waals surface area contributed by atoms with E-state index in [0.29, 0.717) is 42.3 Å². The first-order chi connectivity index (χ1) is 23.3. The van der Waals surface area contributed by atoms with Gasteiger partial charge in [-0.05, 0) is 112 Å². The van der Waals surface area contributed by atoms with Crippen LogP contribution < -0.4 is 10.6 Å². The Morgan fingerprint density at radius 3 is 1.12 bits per heavy atom. The van der Waals surface area contributed by atoms with E-state index >= 15 is 0 Å². The number of halogens is 4. The number of hydrogen-bond acceptors (Lipinski definition) is 6. The third kappa shape index (κ3) is 14.9. The molecular weight excluding hydrogens is 734 g/mol. The molecule has 8 nitrogen and oxygen atoms in total. The summed E-state index contributed by atoms with van der Waals surface area (Å²) in [5.74, 6) is 0. The van der Waals surface area contributed by atoms with Crippen LogP contribution in [0.15, 0.2) is 97.1 Å². The highest BCUT2D eigenvalue weighted by Crippen LogP contribution is 2.33. The Kier molecular flexibility index (Phi) is 16.6. The van der Waals surface area contributed by atoms with Gasteiger partial charge in [0.05, 0.1) is 12.1 Å². The predicted octanol–water partition coefficient (Wildman–Crippen LogP) is 11.2. The zero-order valence-corrected chi connectivity index (χ0v) is 31.6. The number of alkyl carbamates (subject to hydrolysis) is 2. The van der Waals surface area contributed by atoms with Crippen molar-refractivity contribution in [1.29, 1.82) is 0 Å². The van der Waals surface area contributed by atoms with Gasteiger partial charge in [0.2, 0.25) is 0 Å². The third-order valence-corrected chi connectivity index (χ3v) is 7.79. The minimum Gasteiger partial charge on any atom is -0.444 e. The molecule has 0 saturated carbocycles. The van der Waals surface area contributed by atoms with Gasteiger partial charge in [-0.1, -0.05) is 102 Å². The highest BCUT2D eigenvalue weighted by atomic mass is 35.5. The maximum absolute atomic E-state index is 12.2. The van der Waals surface area contributed by atoms with Crippen molar-refractivity contribution in [3.05, 3.63) is 139 Å². The van der Waals surface area contributed by atoms with Crippen molar-refractivity contribution < 1.29 is 29.3 Å². The van der Waals surface area contributed by atoms with Gasteiger partial charge in [-0.15, -0.1) is 0 Å². The molecule has 0 aliphatic rings. The summed E-state index contributed by atoms with van der Waals surface area (Å²) < 4.78 is 10.6. The first kappa shape index (κ1) is 43.7. The van der Waals surface area contributed by atoms with E-state index in [0.717, 1.165) is 0 Å². The Hall–Kier alpha value is -3.50. The van der Waals surface area contributed by atoms with Crippen molar-refractivity contribution >= 4 is 58.6 Å². The molecule has 0 unspecified atom stereocenters. The quantitative estimate of drug-likeness (QED) is 0.141. The Morgan fingerprint density at radius 1 is 0.529 bits per heavy atom. The Balaban J connectivity index is 0.000000347. The summed E-state index contributed by atoms with van der Waals surface area (Å²) >= 11 is 23.9. The lowest BCUT2D eigenvalue weighted by atomic mass is 9.96. The molecule has 276 valence electrons. The van der Waals surface area contributed by atoms with Gasteiger partial charge in [0.25, 0.3) is 0 Å². The van der Waals surface area contributed by atoms with Gasteiger partial charge >= 0.3 is 12.2 Å². The topological polar surface area (TPSA) is 117 Å². The number of ether oxygens (including phenoxy) is 2. The van der Waals surface area contributed by atoms with E-state index in [1.54, 1.807) is 139 Å². The van der Waals surface area contributed by atoms with Crippen LogP contribution in [0, 0.1) is 0 Å². The Labute approximate surface area is 321 Å². The molecule has 4 aromatic carbocycles. The standard InChI is InChI=1S/2C19H21Cl2NO3.CH4/c2*1-19(2,3)25-18(24)22-16(12-7-9-14(20)10-8-12)17(23)13-5-4-6-15(21)11-13;/h2*4-11,16-17,23H,1-3H3,(H,22,24);1H4/t2*16-,17+;/m10./s1. The van der Waals surface area contributed by atoms with E-state index in [1.165, 1.54) is 0 Å². The van der Waals surface area contributed by atoms with E-state index in [-0.39, 0.29) is 7.43 Å². The van der Waals surface area contributed by atoms with E-state index in [9.17, 15) is 19.8 Å². The molecule has 4 rings (SSSR count). The molecule has 0 aliphatic heterocycles. The van der Waals surface area contributed by atoms with Crippen LogP contribution in [-0.2, 0) is 9.47 Å². The average molecular weight is 781 g/mol. The van der Waals surface area contributed by atoms with Crippen molar-refractivity contribution in [3.63, 3.8) is 0 Å². The largest absolute Gasteiger partial charge is 0.444 e. The average Bonchev–Trinajstić information content (AvgIpc) is 3.01. The van der Waals surface area contributed by atoms with Crippen molar-refractivity contribution in [2.75, 3.05) is 0 Å². The first-order valence-corrected chi connectivity index (χ1v) is 17.2. The fraction of sp³-hybridized carbons (Fsp3) is 0.333. The summed E-state index contributed by atoms with van der Waals surface area (Å²) in [6.45, 7) is 10.7. The number of hydrogen-bond donors (Lipinski definition) is 4. The van der Waals surface area contributed by atoms with Crippen LogP contribution in [0.2, 0.25) is 20.1 Å². The molecule has 4 atom stereocenters. The lowest BCUT2D eigenvalue weighted by Crippen LogP contribution is -2.37. The SMILES string of the molecule is C.CC(C)(C)OC(=O)N[C@@H](c1ccc(Cl)cc1)[C@H](O)c1cccc(Cl)c1.CC(C)(C)OC(=O)N[C@H](c1ccc(Cl)cc1)[C@@H](O)c1cccc(Cl)c1. The van der Waals surface area contributed by atoms with E-state index in [2.05, 4.69) is 10.6 Å². The van der Waals surface area contributed by atoms with E-state index in [1.807, 2.05) is 0 Å². The monoisotopic (exact) mass is 778 g/mol.